The van der Waals surface area contributed by atoms with Crippen molar-refractivity contribution < 1.29 is 0 Å². The van der Waals surface area contributed by atoms with E-state index in [0.29, 0.717) is 0 Å². The standard InChI is InChI=1S/C60H40N4/c1-3-17-44(18-4-1)59-61-62-60(64(59)47-20-5-2-6-21-47)45-32-30-42(31-33-45)51-23-9-11-25-53(51)54-26-12-10-24-52(54)46-36-39-58-56(40-46)55-27-13-14-29-57(55)63(58)48-37-34-43(35-38-48)50-28-15-19-41-16-7-8-22-49(41)50/h1-40H. The van der Waals surface area contributed by atoms with E-state index in [-0.39, 0.29) is 0 Å². The fourth-order valence-corrected chi connectivity index (χ4v) is 9.49. The molecule has 4 heteroatoms. The van der Waals surface area contributed by atoms with Crippen LogP contribution in [0.3, 0.4) is 0 Å². The minimum atomic E-state index is 0.796. The van der Waals surface area contributed by atoms with Crippen molar-refractivity contribution in [1.29, 1.82) is 0 Å². The zero-order chi connectivity index (χ0) is 42.4. The normalized spacial score (nSPS) is 11.4. The van der Waals surface area contributed by atoms with Crippen molar-refractivity contribution in [2.75, 3.05) is 0 Å². The Kier molecular flexibility index (Phi) is 9.12. The maximum Gasteiger partial charge on any atom is 0.168 e. The van der Waals surface area contributed by atoms with Crippen molar-refractivity contribution in [3.8, 4) is 78.7 Å². The van der Waals surface area contributed by atoms with Crippen molar-refractivity contribution in [2.45, 2.75) is 0 Å². The number of para-hydroxylation sites is 2. The Morgan fingerprint density at radius 2 is 0.703 bits per heavy atom. The SMILES string of the molecule is c1ccc(-c2nnc(-c3ccc(-c4ccccc4-c4ccccc4-c4ccc5c(c4)c4ccccc4n5-c4ccc(-c5cccc6ccccc56)cc4)cc3)n2-c2ccccc2)cc1. The summed E-state index contributed by atoms with van der Waals surface area (Å²) < 4.78 is 4.54. The zero-order valence-electron chi connectivity index (χ0n) is 34.9. The summed E-state index contributed by atoms with van der Waals surface area (Å²) in [7, 11) is 0. The Labute approximate surface area is 371 Å². The van der Waals surface area contributed by atoms with E-state index in [2.05, 4.69) is 228 Å². The second-order valence-corrected chi connectivity index (χ2v) is 16.2. The molecule has 12 aromatic rings. The van der Waals surface area contributed by atoms with Crippen LogP contribution in [0.1, 0.15) is 0 Å². The molecule has 0 fully saturated rings. The second kappa shape index (κ2) is 15.7. The molecule has 0 aliphatic rings. The molecular formula is C60H40N4. The van der Waals surface area contributed by atoms with Crippen LogP contribution in [0.5, 0.6) is 0 Å². The van der Waals surface area contributed by atoms with Crippen molar-refractivity contribution in [2.24, 2.45) is 0 Å². The first kappa shape index (κ1) is 37.2. The Morgan fingerprint density at radius 1 is 0.250 bits per heavy atom. The number of fused-ring (bicyclic) bond motifs is 4. The predicted octanol–water partition coefficient (Wildman–Crippen LogP) is 15.5. The lowest BCUT2D eigenvalue weighted by molar-refractivity contribution is 1.07. The summed E-state index contributed by atoms with van der Waals surface area (Å²) in [5.41, 5.74) is 16.0. The van der Waals surface area contributed by atoms with Crippen molar-refractivity contribution in [1.82, 2.24) is 19.3 Å². The van der Waals surface area contributed by atoms with Crippen LogP contribution in [0.15, 0.2) is 243 Å². The van der Waals surface area contributed by atoms with E-state index in [1.165, 1.54) is 71.5 Å². The Balaban J connectivity index is 0.914. The molecule has 2 aromatic heterocycles. The first-order valence-electron chi connectivity index (χ1n) is 21.7. The quantitative estimate of drug-likeness (QED) is 0.153. The Morgan fingerprint density at radius 3 is 1.42 bits per heavy atom. The smallest absolute Gasteiger partial charge is 0.168 e. The van der Waals surface area contributed by atoms with Crippen LogP contribution < -0.4 is 0 Å². The second-order valence-electron chi connectivity index (χ2n) is 16.2. The van der Waals surface area contributed by atoms with E-state index < -0.39 is 0 Å². The average molecular weight is 817 g/mol. The van der Waals surface area contributed by atoms with Crippen LogP contribution in [0.2, 0.25) is 0 Å². The van der Waals surface area contributed by atoms with Crippen LogP contribution in [-0.4, -0.2) is 19.3 Å². The molecule has 12 rings (SSSR count). The zero-order valence-corrected chi connectivity index (χ0v) is 34.9. The molecule has 64 heavy (non-hydrogen) atoms. The molecule has 0 amide bonds. The van der Waals surface area contributed by atoms with E-state index in [9.17, 15) is 0 Å². The van der Waals surface area contributed by atoms with Crippen molar-refractivity contribution in [3.63, 3.8) is 0 Å². The first-order valence-corrected chi connectivity index (χ1v) is 21.7. The summed E-state index contributed by atoms with van der Waals surface area (Å²) in [4.78, 5) is 0. The van der Waals surface area contributed by atoms with Crippen LogP contribution in [-0.2, 0) is 0 Å². The van der Waals surface area contributed by atoms with Crippen molar-refractivity contribution >= 4 is 32.6 Å². The molecule has 2 heterocycles. The third-order valence-electron chi connectivity index (χ3n) is 12.5. The summed E-state index contributed by atoms with van der Waals surface area (Å²) in [5, 5.41) is 14.4. The van der Waals surface area contributed by atoms with Gasteiger partial charge in [-0.15, -0.1) is 10.2 Å². The van der Waals surface area contributed by atoms with Crippen LogP contribution >= 0.6 is 0 Å². The van der Waals surface area contributed by atoms with E-state index in [1.807, 2.05) is 24.3 Å². The highest BCUT2D eigenvalue weighted by Crippen LogP contribution is 2.42. The van der Waals surface area contributed by atoms with Gasteiger partial charge in [0.2, 0.25) is 0 Å². The lowest BCUT2D eigenvalue weighted by atomic mass is 9.89. The van der Waals surface area contributed by atoms with Crippen LogP contribution in [0.4, 0.5) is 0 Å². The summed E-state index contributed by atoms with van der Waals surface area (Å²) in [6.45, 7) is 0. The number of benzene rings is 10. The summed E-state index contributed by atoms with van der Waals surface area (Å²) >= 11 is 0. The molecule has 0 bridgehead atoms. The van der Waals surface area contributed by atoms with Crippen LogP contribution in [0.25, 0.3) is 111 Å². The Hall–Kier alpha value is -8.60. The number of hydrogen-bond acceptors (Lipinski definition) is 2. The molecule has 0 unspecified atom stereocenters. The van der Waals surface area contributed by atoms with Gasteiger partial charge in [0.05, 0.1) is 11.0 Å². The molecule has 0 aliphatic carbocycles. The maximum atomic E-state index is 4.75. The monoisotopic (exact) mass is 816 g/mol. The molecule has 0 N–H and O–H groups in total. The van der Waals surface area contributed by atoms with Gasteiger partial charge in [-0.05, 0) is 97.7 Å². The van der Waals surface area contributed by atoms with E-state index in [4.69, 9.17) is 10.2 Å². The molecule has 0 saturated heterocycles. The fraction of sp³-hybridized carbons (Fsp3) is 0. The maximum absolute atomic E-state index is 4.75. The van der Waals surface area contributed by atoms with Gasteiger partial charge < -0.3 is 4.57 Å². The van der Waals surface area contributed by atoms with Gasteiger partial charge in [-0.25, -0.2) is 0 Å². The van der Waals surface area contributed by atoms with Gasteiger partial charge in [-0.3, -0.25) is 4.57 Å². The van der Waals surface area contributed by atoms with Gasteiger partial charge in [0, 0.05) is 33.3 Å². The highest BCUT2D eigenvalue weighted by atomic mass is 15.3. The summed E-state index contributed by atoms with van der Waals surface area (Å²) in [6, 6.07) is 86.7. The Bertz CT molecular complexity index is 3630. The molecule has 10 aromatic carbocycles. The van der Waals surface area contributed by atoms with Gasteiger partial charge in [-0.2, -0.15) is 0 Å². The fourth-order valence-electron chi connectivity index (χ4n) is 9.49. The van der Waals surface area contributed by atoms with E-state index >= 15 is 0 Å². The molecular weight excluding hydrogens is 777 g/mol. The van der Waals surface area contributed by atoms with Crippen molar-refractivity contribution in [3.05, 3.63) is 243 Å². The predicted molar refractivity (Wildman–Crippen MR) is 266 cm³/mol. The third kappa shape index (κ3) is 6.40. The number of hydrogen-bond donors (Lipinski definition) is 0. The lowest BCUT2D eigenvalue weighted by Crippen LogP contribution is -2.00. The largest absolute Gasteiger partial charge is 0.309 e. The summed E-state index contributed by atoms with van der Waals surface area (Å²) in [5.74, 6) is 1.60. The molecule has 0 radical (unpaired) electrons. The lowest BCUT2D eigenvalue weighted by Gasteiger charge is -2.16. The molecule has 0 saturated carbocycles. The van der Waals surface area contributed by atoms with Gasteiger partial charge in [0.1, 0.15) is 0 Å². The van der Waals surface area contributed by atoms with Gasteiger partial charge in [0.25, 0.3) is 0 Å². The molecule has 0 spiro atoms. The number of aromatic nitrogens is 4. The third-order valence-corrected chi connectivity index (χ3v) is 12.5. The molecule has 300 valence electrons. The highest BCUT2D eigenvalue weighted by molar-refractivity contribution is 6.11. The summed E-state index contributed by atoms with van der Waals surface area (Å²) in [6.07, 6.45) is 0. The number of rotatable bonds is 8. The van der Waals surface area contributed by atoms with Crippen LogP contribution in [0, 0.1) is 0 Å². The first-order chi connectivity index (χ1) is 31.8. The molecule has 0 atom stereocenters. The minimum absolute atomic E-state index is 0.796. The average Bonchev–Trinajstić information content (AvgIpc) is 3.97. The molecule has 4 nitrogen and oxygen atoms in total. The minimum Gasteiger partial charge on any atom is -0.309 e. The molecule has 0 aliphatic heterocycles. The van der Waals surface area contributed by atoms with E-state index in [1.54, 1.807) is 0 Å². The van der Waals surface area contributed by atoms with Gasteiger partial charge >= 0.3 is 0 Å². The topological polar surface area (TPSA) is 35.6 Å². The number of nitrogens with zero attached hydrogens (tertiary/aromatic N) is 4. The van der Waals surface area contributed by atoms with Gasteiger partial charge in [0.15, 0.2) is 11.6 Å². The van der Waals surface area contributed by atoms with Gasteiger partial charge in [-0.1, -0.05) is 200 Å². The highest BCUT2D eigenvalue weighted by Gasteiger charge is 2.19. The van der Waals surface area contributed by atoms with E-state index in [0.717, 1.165) is 39.7 Å².